The molecule has 3 rings (SSSR count). The Morgan fingerprint density at radius 1 is 1.15 bits per heavy atom. The summed E-state index contributed by atoms with van der Waals surface area (Å²) < 4.78 is 0. The second-order valence-electron chi connectivity index (χ2n) is 6.45. The van der Waals surface area contributed by atoms with E-state index in [-0.39, 0.29) is 30.9 Å². The summed E-state index contributed by atoms with van der Waals surface area (Å²) in [6.45, 7) is 1.75. The second kappa shape index (κ2) is 7.49. The maximum Gasteiger partial charge on any atom is 0.270 e. The minimum atomic E-state index is -1.16. The fourth-order valence-electron chi connectivity index (χ4n) is 2.73. The fraction of sp³-hybridized carbons (Fsp3) is 0.250. The molecule has 1 amide bonds. The molecule has 1 atom stereocenters. The lowest BCUT2D eigenvalue weighted by Gasteiger charge is -2.24. The Kier molecular flexibility index (Phi) is 5.14. The molecule has 1 heterocycles. The third-order valence-corrected chi connectivity index (χ3v) is 4.28. The van der Waals surface area contributed by atoms with Gasteiger partial charge in [0.25, 0.3) is 5.56 Å². The van der Waals surface area contributed by atoms with Crippen LogP contribution in [-0.2, 0) is 16.8 Å². The Labute approximate surface area is 150 Å². The lowest BCUT2D eigenvalue weighted by molar-refractivity contribution is -0.122. The van der Waals surface area contributed by atoms with E-state index in [9.17, 15) is 14.7 Å². The maximum atomic E-state index is 12.1. The summed E-state index contributed by atoms with van der Waals surface area (Å²) in [5.74, 6) is -0.240. The Balaban J connectivity index is 1.59. The monoisotopic (exact) mass is 351 g/mol. The normalized spacial score (nSPS) is 13.3. The van der Waals surface area contributed by atoms with E-state index in [1.54, 1.807) is 13.0 Å². The predicted octanol–water partition coefficient (Wildman–Crippen LogP) is 1.88. The highest BCUT2D eigenvalue weighted by atomic mass is 16.3. The molecule has 0 saturated carbocycles. The number of hydrogen-bond acceptors (Lipinski definition) is 4. The predicted molar refractivity (Wildman–Crippen MR) is 99.7 cm³/mol. The quantitative estimate of drug-likeness (QED) is 0.632. The third-order valence-electron chi connectivity index (χ3n) is 4.28. The first-order chi connectivity index (χ1) is 12.5. The molecule has 1 aromatic heterocycles. The van der Waals surface area contributed by atoms with Crippen molar-refractivity contribution < 1.29 is 9.90 Å². The highest BCUT2D eigenvalue weighted by Crippen LogP contribution is 2.18. The van der Waals surface area contributed by atoms with Crippen LogP contribution in [0.3, 0.4) is 0 Å². The molecule has 3 aromatic rings. The van der Waals surface area contributed by atoms with Gasteiger partial charge < -0.3 is 15.4 Å². The van der Waals surface area contributed by atoms with Crippen LogP contribution in [0.5, 0.6) is 0 Å². The van der Waals surface area contributed by atoms with Crippen molar-refractivity contribution in [2.75, 3.05) is 6.54 Å². The van der Waals surface area contributed by atoms with Gasteiger partial charge in [-0.15, -0.1) is 0 Å². The summed E-state index contributed by atoms with van der Waals surface area (Å²) in [5.41, 5.74) is 0.976. The van der Waals surface area contributed by atoms with Gasteiger partial charge >= 0.3 is 0 Å². The molecule has 0 aliphatic carbocycles. The highest BCUT2D eigenvalue weighted by molar-refractivity contribution is 5.76. The molecule has 26 heavy (non-hydrogen) atoms. The van der Waals surface area contributed by atoms with Crippen LogP contribution in [-0.4, -0.2) is 27.5 Å². The number of aryl methyl sites for hydroxylation is 1. The number of carbonyl (C=O) groups is 1. The maximum absolute atomic E-state index is 12.1. The minimum absolute atomic E-state index is 0.0946. The number of aromatic nitrogens is 2. The van der Waals surface area contributed by atoms with Crippen molar-refractivity contribution in [3.05, 3.63) is 76.2 Å². The number of H-pyrrole nitrogens is 1. The summed E-state index contributed by atoms with van der Waals surface area (Å²) in [5, 5.41) is 13.2. The highest BCUT2D eigenvalue weighted by Gasteiger charge is 2.23. The van der Waals surface area contributed by atoms with Gasteiger partial charge in [-0.1, -0.05) is 42.5 Å². The molecular weight excluding hydrogens is 330 g/mol. The van der Waals surface area contributed by atoms with Crippen molar-refractivity contribution in [2.45, 2.75) is 25.4 Å². The van der Waals surface area contributed by atoms with E-state index < -0.39 is 5.60 Å². The summed E-state index contributed by atoms with van der Waals surface area (Å²) >= 11 is 0. The number of nitrogens with one attached hydrogen (secondary N) is 2. The number of nitrogens with zero attached hydrogens (tertiary/aromatic N) is 1. The van der Waals surface area contributed by atoms with Crippen LogP contribution >= 0.6 is 0 Å². The van der Waals surface area contributed by atoms with Crippen molar-refractivity contribution in [3.63, 3.8) is 0 Å². The zero-order chi connectivity index (χ0) is 18.6. The van der Waals surface area contributed by atoms with Crippen molar-refractivity contribution in [3.8, 4) is 0 Å². The average molecular weight is 351 g/mol. The first-order valence-electron chi connectivity index (χ1n) is 8.48. The van der Waals surface area contributed by atoms with Crippen molar-refractivity contribution in [2.24, 2.45) is 0 Å². The molecule has 0 aliphatic rings. The standard InChI is InChI=1S/C20H21N3O3/c1-20(26,14-7-3-2-4-8-14)13-21-18(24)12-11-17-19(25)23-16-10-6-5-9-15(16)22-17/h2-10,26H,11-13H2,1H3,(H,21,24)(H,23,25). The van der Waals surface area contributed by atoms with Crippen LogP contribution < -0.4 is 10.9 Å². The molecule has 0 bridgehead atoms. The van der Waals surface area contributed by atoms with Gasteiger partial charge in [0.15, 0.2) is 0 Å². The van der Waals surface area contributed by atoms with Gasteiger partial charge in [0.1, 0.15) is 11.3 Å². The third kappa shape index (κ3) is 4.15. The second-order valence-corrected chi connectivity index (χ2v) is 6.45. The van der Waals surface area contributed by atoms with Gasteiger partial charge in [-0.3, -0.25) is 9.59 Å². The van der Waals surface area contributed by atoms with Gasteiger partial charge in [0.2, 0.25) is 5.91 Å². The van der Waals surface area contributed by atoms with Crippen molar-refractivity contribution >= 4 is 16.9 Å². The Bertz CT molecular complexity index is 965. The fourth-order valence-corrected chi connectivity index (χ4v) is 2.73. The lowest BCUT2D eigenvalue weighted by atomic mass is 9.96. The van der Waals surface area contributed by atoms with Crippen LogP contribution in [0.4, 0.5) is 0 Å². The average Bonchev–Trinajstić information content (AvgIpc) is 2.65. The molecule has 0 spiro atoms. The van der Waals surface area contributed by atoms with E-state index in [0.29, 0.717) is 16.7 Å². The molecule has 6 heteroatoms. The van der Waals surface area contributed by atoms with Crippen molar-refractivity contribution in [1.29, 1.82) is 0 Å². The van der Waals surface area contributed by atoms with Crippen molar-refractivity contribution in [1.82, 2.24) is 15.3 Å². The Morgan fingerprint density at radius 2 is 1.85 bits per heavy atom. The molecule has 6 nitrogen and oxygen atoms in total. The van der Waals surface area contributed by atoms with Crippen LogP contribution in [0, 0.1) is 0 Å². The number of fused-ring (bicyclic) bond motifs is 1. The van der Waals surface area contributed by atoms with Crippen LogP contribution in [0.15, 0.2) is 59.4 Å². The number of para-hydroxylation sites is 2. The van der Waals surface area contributed by atoms with Gasteiger partial charge in [-0.2, -0.15) is 0 Å². The Hall–Kier alpha value is -2.99. The zero-order valence-electron chi connectivity index (χ0n) is 14.5. The summed E-state index contributed by atoms with van der Waals surface area (Å²) in [6, 6.07) is 16.4. The SMILES string of the molecule is CC(O)(CNC(=O)CCc1nc2ccccc2[nH]c1=O)c1ccccc1. The Morgan fingerprint density at radius 3 is 2.62 bits per heavy atom. The number of hydrogen-bond donors (Lipinski definition) is 3. The molecule has 3 N–H and O–H groups in total. The minimum Gasteiger partial charge on any atom is -0.384 e. The number of benzene rings is 2. The molecular formula is C20H21N3O3. The van der Waals surface area contributed by atoms with E-state index in [0.717, 1.165) is 5.56 Å². The van der Waals surface area contributed by atoms with E-state index >= 15 is 0 Å². The first kappa shape index (κ1) is 17.8. The smallest absolute Gasteiger partial charge is 0.270 e. The van der Waals surface area contributed by atoms with Crippen LogP contribution in [0.1, 0.15) is 24.6 Å². The van der Waals surface area contributed by atoms with E-state index in [1.807, 2.05) is 48.5 Å². The van der Waals surface area contributed by atoms with Crippen LogP contribution in [0.2, 0.25) is 0 Å². The van der Waals surface area contributed by atoms with Gasteiger partial charge in [0.05, 0.1) is 17.6 Å². The first-order valence-corrected chi connectivity index (χ1v) is 8.48. The summed E-state index contributed by atoms with van der Waals surface area (Å²) in [7, 11) is 0. The molecule has 134 valence electrons. The molecule has 0 radical (unpaired) electrons. The van der Waals surface area contributed by atoms with E-state index in [4.69, 9.17) is 0 Å². The zero-order valence-corrected chi connectivity index (χ0v) is 14.5. The summed E-state index contributed by atoms with van der Waals surface area (Å²) in [4.78, 5) is 31.3. The number of aliphatic hydroxyl groups is 1. The van der Waals surface area contributed by atoms with Gasteiger partial charge in [-0.25, -0.2) is 4.98 Å². The largest absolute Gasteiger partial charge is 0.384 e. The molecule has 2 aromatic carbocycles. The molecule has 0 saturated heterocycles. The molecule has 0 aliphatic heterocycles. The number of aromatic amines is 1. The van der Waals surface area contributed by atoms with E-state index in [1.165, 1.54) is 0 Å². The van der Waals surface area contributed by atoms with Gasteiger partial charge in [0, 0.05) is 12.8 Å². The van der Waals surface area contributed by atoms with E-state index in [2.05, 4.69) is 15.3 Å². The topological polar surface area (TPSA) is 95.1 Å². The van der Waals surface area contributed by atoms with Crippen LogP contribution in [0.25, 0.3) is 11.0 Å². The number of rotatable bonds is 6. The number of carbonyl (C=O) groups excluding carboxylic acids is 1. The lowest BCUT2D eigenvalue weighted by Crippen LogP contribution is -2.38. The summed E-state index contributed by atoms with van der Waals surface area (Å²) in [6.07, 6.45) is 0.360. The molecule has 1 unspecified atom stereocenters. The number of amides is 1. The van der Waals surface area contributed by atoms with Gasteiger partial charge in [-0.05, 0) is 24.6 Å². The molecule has 0 fully saturated rings.